The maximum absolute atomic E-state index is 11.9. The minimum Gasteiger partial charge on any atom is -0.309 e. The molecule has 1 atom stereocenters. The predicted molar refractivity (Wildman–Crippen MR) is 80.7 cm³/mol. The Balaban J connectivity index is 2.37. The fourth-order valence-electron chi connectivity index (χ4n) is 1.99. The number of thioether (sulfide) groups is 1. The van der Waals surface area contributed by atoms with Crippen molar-refractivity contribution in [3.63, 3.8) is 0 Å². The number of aromatic nitrogens is 2. The van der Waals surface area contributed by atoms with Gasteiger partial charge in [-0.3, -0.25) is 4.79 Å². The van der Waals surface area contributed by atoms with Gasteiger partial charge in [0.2, 0.25) is 0 Å². The molecule has 0 radical (unpaired) electrons. The highest BCUT2D eigenvalue weighted by molar-refractivity contribution is 14.1. The second kappa shape index (κ2) is 5.73. The molecular weight excluding hydrogens is 347 g/mol. The summed E-state index contributed by atoms with van der Waals surface area (Å²) >= 11 is 4.01. The number of nitrogens with zero attached hydrogens (tertiary/aromatic N) is 1. The Kier molecular flexibility index (Phi) is 4.52. The molecule has 2 heterocycles. The van der Waals surface area contributed by atoms with Gasteiger partial charge >= 0.3 is 0 Å². The molecule has 1 fully saturated rings. The molecule has 0 aliphatic carbocycles. The van der Waals surface area contributed by atoms with Crippen molar-refractivity contribution in [3.8, 4) is 0 Å². The molecule has 1 aromatic heterocycles. The van der Waals surface area contributed by atoms with Gasteiger partial charge < -0.3 is 4.98 Å². The van der Waals surface area contributed by atoms with E-state index in [9.17, 15) is 4.79 Å². The van der Waals surface area contributed by atoms with Crippen molar-refractivity contribution in [1.29, 1.82) is 0 Å². The molecule has 0 bridgehead atoms. The minimum atomic E-state index is 0.0190. The first kappa shape index (κ1) is 13.4. The second-order valence-corrected chi connectivity index (χ2v) is 7.05. The van der Waals surface area contributed by atoms with E-state index >= 15 is 0 Å². The lowest BCUT2D eigenvalue weighted by Crippen LogP contribution is -2.21. The quantitative estimate of drug-likeness (QED) is 0.818. The topological polar surface area (TPSA) is 45.8 Å². The highest BCUT2D eigenvalue weighted by Crippen LogP contribution is 2.36. The Hall–Kier alpha value is -0.0400. The molecule has 1 saturated heterocycles. The fourth-order valence-corrected chi connectivity index (χ4v) is 4.12. The molecule has 17 heavy (non-hydrogen) atoms. The zero-order valence-corrected chi connectivity index (χ0v) is 13.1. The van der Waals surface area contributed by atoms with Crippen LogP contribution in [0.15, 0.2) is 4.79 Å². The molecule has 0 amide bonds. The zero-order chi connectivity index (χ0) is 12.4. The van der Waals surface area contributed by atoms with Crippen molar-refractivity contribution in [2.24, 2.45) is 0 Å². The van der Waals surface area contributed by atoms with Gasteiger partial charge in [0.1, 0.15) is 5.82 Å². The summed E-state index contributed by atoms with van der Waals surface area (Å²) in [6, 6.07) is 0. The number of hydrogen-bond donors (Lipinski definition) is 1. The highest BCUT2D eigenvalue weighted by atomic mass is 127. The van der Waals surface area contributed by atoms with Crippen LogP contribution in [0.4, 0.5) is 0 Å². The monoisotopic (exact) mass is 364 g/mol. The largest absolute Gasteiger partial charge is 0.309 e. The van der Waals surface area contributed by atoms with Crippen LogP contribution in [0.1, 0.15) is 55.8 Å². The third-order valence-corrected chi connectivity index (χ3v) is 5.37. The number of H-pyrrole nitrogens is 1. The van der Waals surface area contributed by atoms with Crippen molar-refractivity contribution >= 4 is 34.4 Å². The number of halogens is 1. The Bertz CT molecular complexity index is 452. The SMILES string of the molecule is CC(C)c1nc(C2CCCCS2)[nH]c(=O)c1I. The van der Waals surface area contributed by atoms with Crippen LogP contribution in [-0.4, -0.2) is 15.7 Å². The van der Waals surface area contributed by atoms with Crippen molar-refractivity contribution in [2.75, 3.05) is 5.75 Å². The first-order chi connectivity index (χ1) is 8.09. The van der Waals surface area contributed by atoms with E-state index in [0.717, 1.165) is 21.5 Å². The maximum atomic E-state index is 11.9. The second-order valence-electron chi connectivity index (χ2n) is 4.66. The summed E-state index contributed by atoms with van der Waals surface area (Å²) in [7, 11) is 0. The van der Waals surface area contributed by atoms with Crippen molar-refractivity contribution in [2.45, 2.75) is 44.3 Å². The molecule has 1 N–H and O–H groups in total. The minimum absolute atomic E-state index is 0.0190. The average Bonchev–Trinajstić information content (AvgIpc) is 2.33. The standard InChI is InChI=1S/C12H17IN2OS/c1-7(2)10-9(13)12(16)15-11(14-10)8-5-3-4-6-17-8/h7-8H,3-6H2,1-2H3,(H,14,15,16). The summed E-state index contributed by atoms with van der Waals surface area (Å²) in [5.41, 5.74) is 0.959. The third-order valence-electron chi connectivity index (χ3n) is 2.94. The molecule has 94 valence electrons. The Morgan fingerprint density at radius 1 is 1.47 bits per heavy atom. The number of aromatic amines is 1. The van der Waals surface area contributed by atoms with Crippen molar-refractivity contribution < 1.29 is 0 Å². The van der Waals surface area contributed by atoms with E-state index in [2.05, 4.69) is 46.4 Å². The van der Waals surface area contributed by atoms with Gasteiger partial charge in [-0.15, -0.1) is 0 Å². The first-order valence-corrected chi connectivity index (χ1v) is 8.13. The lowest BCUT2D eigenvalue weighted by atomic mass is 10.1. The van der Waals surface area contributed by atoms with Gasteiger partial charge in [0.25, 0.3) is 5.56 Å². The van der Waals surface area contributed by atoms with Gasteiger partial charge in [0, 0.05) is 0 Å². The van der Waals surface area contributed by atoms with E-state index in [1.54, 1.807) is 0 Å². The summed E-state index contributed by atoms with van der Waals surface area (Å²) in [5, 5.41) is 0.381. The van der Waals surface area contributed by atoms with Crippen LogP contribution >= 0.6 is 34.4 Å². The van der Waals surface area contributed by atoms with Crippen LogP contribution in [-0.2, 0) is 0 Å². The van der Waals surface area contributed by atoms with Gasteiger partial charge in [-0.2, -0.15) is 11.8 Å². The molecule has 1 aromatic rings. The van der Waals surface area contributed by atoms with Crippen LogP contribution < -0.4 is 5.56 Å². The predicted octanol–water partition coefficient (Wildman–Crippen LogP) is 3.46. The van der Waals surface area contributed by atoms with E-state index < -0.39 is 0 Å². The Morgan fingerprint density at radius 2 is 2.24 bits per heavy atom. The summed E-state index contributed by atoms with van der Waals surface area (Å²) in [6.45, 7) is 4.17. The van der Waals surface area contributed by atoms with E-state index in [1.165, 1.54) is 18.6 Å². The van der Waals surface area contributed by atoms with Crippen LogP contribution in [0.25, 0.3) is 0 Å². The maximum Gasteiger partial charge on any atom is 0.264 e. The number of nitrogens with one attached hydrogen (secondary N) is 1. The van der Waals surface area contributed by atoms with Crippen LogP contribution in [0.3, 0.4) is 0 Å². The Morgan fingerprint density at radius 3 is 2.82 bits per heavy atom. The number of hydrogen-bond acceptors (Lipinski definition) is 3. The van der Waals surface area contributed by atoms with Gasteiger partial charge in [-0.25, -0.2) is 4.98 Å². The molecule has 2 rings (SSSR count). The van der Waals surface area contributed by atoms with Gasteiger partial charge in [0.05, 0.1) is 14.5 Å². The molecule has 0 aromatic carbocycles. The molecule has 1 aliphatic heterocycles. The summed E-state index contributed by atoms with van der Waals surface area (Å²) < 4.78 is 0.738. The van der Waals surface area contributed by atoms with Gasteiger partial charge in [-0.1, -0.05) is 20.3 Å². The molecular formula is C12H17IN2OS. The van der Waals surface area contributed by atoms with E-state index in [1.807, 2.05) is 11.8 Å². The normalized spacial score (nSPS) is 20.8. The van der Waals surface area contributed by atoms with E-state index in [-0.39, 0.29) is 5.56 Å². The molecule has 5 heteroatoms. The lowest BCUT2D eigenvalue weighted by Gasteiger charge is -2.21. The molecule has 3 nitrogen and oxygen atoms in total. The van der Waals surface area contributed by atoms with Crippen LogP contribution in [0.5, 0.6) is 0 Å². The van der Waals surface area contributed by atoms with E-state index in [4.69, 9.17) is 0 Å². The first-order valence-electron chi connectivity index (χ1n) is 6.00. The molecule has 0 spiro atoms. The molecule has 1 unspecified atom stereocenters. The van der Waals surface area contributed by atoms with Crippen LogP contribution in [0.2, 0.25) is 0 Å². The lowest BCUT2D eigenvalue weighted by molar-refractivity contribution is 0.649. The van der Waals surface area contributed by atoms with Crippen molar-refractivity contribution in [3.05, 3.63) is 25.4 Å². The Labute approximate surface area is 119 Å². The zero-order valence-electron chi connectivity index (χ0n) is 10.1. The van der Waals surface area contributed by atoms with Gasteiger partial charge in [-0.05, 0) is 47.1 Å². The smallest absolute Gasteiger partial charge is 0.264 e. The van der Waals surface area contributed by atoms with E-state index in [0.29, 0.717) is 11.2 Å². The van der Waals surface area contributed by atoms with Crippen LogP contribution in [0, 0.1) is 3.57 Å². The summed E-state index contributed by atoms with van der Waals surface area (Å²) in [5.74, 6) is 2.36. The fraction of sp³-hybridized carbons (Fsp3) is 0.667. The summed E-state index contributed by atoms with van der Waals surface area (Å²) in [4.78, 5) is 19.5. The van der Waals surface area contributed by atoms with Crippen molar-refractivity contribution in [1.82, 2.24) is 9.97 Å². The molecule has 0 saturated carbocycles. The summed E-state index contributed by atoms with van der Waals surface area (Å²) in [6.07, 6.45) is 3.66. The number of rotatable bonds is 2. The average molecular weight is 364 g/mol. The van der Waals surface area contributed by atoms with Gasteiger partial charge in [0.15, 0.2) is 0 Å². The third kappa shape index (κ3) is 3.05. The molecule has 1 aliphatic rings. The highest BCUT2D eigenvalue weighted by Gasteiger charge is 2.21.